The zero-order valence-electron chi connectivity index (χ0n) is 11.3. The molecule has 2 unspecified atom stereocenters. The third kappa shape index (κ3) is 2.81. The van der Waals surface area contributed by atoms with Crippen LogP contribution in [0.5, 0.6) is 0 Å². The highest BCUT2D eigenvalue weighted by Crippen LogP contribution is 2.35. The Labute approximate surface area is 115 Å². The molecular weight excluding hydrogens is 244 g/mol. The zero-order chi connectivity index (χ0) is 13.1. The Morgan fingerprint density at radius 3 is 2.83 bits per heavy atom. The highest BCUT2D eigenvalue weighted by atomic mass is 35.5. The second-order valence-corrected chi connectivity index (χ2v) is 5.90. The topological polar surface area (TPSA) is 29.3 Å². The number of nitrogens with two attached hydrogens (primary N) is 1. The Hall–Kier alpha value is -0.730. The molecule has 1 fully saturated rings. The molecule has 0 bridgehead atoms. The smallest absolute Gasteiger partial charge is 0.0642 e. The van der Waals surface area contributed by atoms with Crippen LogP contribution >= 0.6 is 11.6 Å². The van der Waals surface area contributed by atoms with Crippen LogP contribution in [0.2, 0.25) is 5.02 Å². The Morgan fingerprint density at radius 2 is 2.17 bits per heavy atom. The Balaban J connectivity index is 2.24. The number of anilines is 1. The molecule has 2 atom stereocenters. The minimum atomic E-state index is 0.544. The molecule has 2 rings (SSSR count). The quantitative estimate of drug-likeness (QED) is 0.901. The van der Waals surface area contributed by atoms with Gasteiger partial charge in [0.25, 0.3) is 0 Å². The van der Waals surface area contributed by atoms with Crippen molar-refractivity contribution in [3.63, 3.8) is 0 Å². The molecule has 0 aromatic heterocycles. The van der Waals surface area contributed by atoms with Gasteiger partial charge in [0.2, 0.25) is 0 Å². The second kappa shape index (κ2) is 5.94. The van der Waals surface area contributed by atoms with E-state index in [0.29, 0.717) is 12.6 Å². The van der Waals surface area contributed by atoms with Crippen LogP contribution in [0.15, 0.2) is 18.2 Å². The summed E-state index contributed by atoms with van der Waals surface area (Å²) in [5.74, 6) is 0.815. The van der Waals surface area contributed by atoms with E-state index < -0.39 is 0 Å². The number of para-hydroxylation sites is 1. The predicted octanol–water partition coefficient (Wildman–Crippen LogP) is 3.81. The fourth-order valence-corrected chi connectivity index (χ4v) is 3.38. The summed E-state index contributed by atoms with van der Waals surface area (Å²) in [5, 5.41) is 0.818. The summed E-state index contributed by atoms with van der Waals surface area (Å²) in [5.41, 5.74) is 8.10. The minimum Gasteiger partial charge on any atom is -0.370 e. The maximum absolute atomic E-state index is 6.36. The minimum absolute atomic E-state index is 0.544. The molecule has 0 saturated heterocycles. The number of benzene rings is 1. The maximum Gasteiger partial charge on any atom is 0.0642 e. The van der Waals surface area contributed by atoms with Crippen molar-refractivity contribution < 1.29 is 0 Å². The van der Waals surface area contributed by atoms with Crippen LogP contribution in [0.3, 0.4) is 0 Å². The molecule has 1 aliphatic carbocycles. The Kier molecular flexibility index (Phi) is 4.52. The summed E-state index contributed by atoms with van der Waals surface area (Å²) in [6.07, 6.45) is 5.19. The van der Waals surface area contributed by atoms with E-state index in [1.807, 2.05) is 12.1 Å². The lowest BCUT2D eigenvalue weighted by Crippen LogP contribution is -2.36. The van der Waals surface area contributed by atoms with Crippen LogP contribution in [0, 0.1) is 5.92 Å². The van der Waals surface area contributed by atoms with Crippen LogP contribution in [0.25, 0.3) is 0 Å². The first kappa shape index (κ1) is 13.7. The van der Waals surface area contributed by atoms with Crippen molar-refractivity contribution >= 4 is 17.3 Å². The zero-order valence-corrected chi connectivity index (χ0v) is 12.1. The summed E-state index contributed by atoms with van der Waals surface area (Å²) in [6.45, 7) is 2.89. The maximum atomic E-state index is 6.36. The summed E-state index contributed by atoms with van der Waals surface area (Å²) >= 11 is 6.36. The molecule has 0 amide bonds. The lowest BCUT2D eigenvalue weighted by Gasteiger charge is -2.37. The largest absolute Gasteiger partial charge is 0.370 e. The first-order chi connectivity index (χ1) is 8.63. The monoisotopic (exact) mass is 266 g/mol. The summed E-state index contributed by atoms with van der Waals surface area (Å²) < 4.78 is 0. The molecule has 0 spiro atoms. The van der Waals surface area contributed by atoms with Gasteiger partial charge in [-0.3, -0.25) is 0 Å². The van der Waals surface area contributed by atoms with Gasteiger partial charge in [-0.15, -0.1) is 0 Å². The fraction of sp³-hybridized carbons (Fsp3) is 0.600. The van der Waals surface area contributed by atoms with Crippen molar-refractivity contribution in [2.24, 2.45) is 11.7 Å². The molecule has 1 aromatic rings. The van der Waals surface area contributed by atoms with Gasteiger partial charge in [-0.2, -0.15) is 0 Å². The third-order valence-electron chi connectivity index (χ3n) is 4.10. The first-order valence-electron chi connectivity index (χ1n) is 6.83. The van der Waals surface area contributed by atoms with Gasteiger partial charge < -0.3 is 10.6 Å². The molecule has 1 saturated carbocycles. The lowest BCUT2D eigenvalue weighted by molar-refractivity contribution is 0.336. The molecule has 2 nitrogen and oxygen atoms in total. The van der Waals surface area contributed by atoms with Gasteiger partial charge in [-0.25, -0.2) is 0 Å². The normalized spacial score (nSPS) is 24.0. The highest BCUT2D eigenvalue weighted by molar-refractivity contribution is 6.33. The summed E-state index contributed by atoms with van der Waals surface area (Å²) in [4.78, 5) is 2.35. The van der Waals surface area contributed by atoms with Crippen molar-refractivity contribution in [1.29, 1.82) is 0 Å². The first-order valence-corrected chi connectivity index (χ1v) is 7.21. The molecule has 3 heteroatoms. The molecule has 1 aromatic carbocycles. The number of rotatable bonds is 3. The number of hydrogen-bond acceptors (Lipinski definition) is 2. The second-order valence-electron chi connectivity index (χ2n) is 5.49. The number of nitrogens with zero attached hydrogens (tertiary/aromatic N) is 1. The molecule has 0 aliphatic heterocycles. The highest BCUT2D eigenvalue weighted by Gasteiger charge is 2.24. The number of hydrogen-bond donors (Lipinski definition) is 1. The van der Waals surface area contributed by atoms with Gasteiger partial charge >= 0.3 is 0 Å². The molecule has 0 radical (unpaired) electrons. The molecular formula is C15H23ClN2. The molecule has 2 N–H and O–H groups in total. The van der Waals surface area contributed by atoms with Gasteiger partial charge in [-0.05, 0) is 30.4 Å². The lowest BCUT2D eigenvalue weighted by atomic mass is 9.86. The molecule has 1 aliphatic rings. The number of halogens is 1. The standard InChI is InChI=1S/C15H23ClN2/c1-11-5-3-7-13(9-11)18(2)15-12(10-17)6-4-8-14(15)16/h4,6,8,11,13H,3,5,7,9-10,17H2,1-2H3. The predicted molar refractivity (Wildman–Crippen MR) is 79.2 cm³/mol. The van der Waals surface area contributed by atoms with Crippen LogP contribution in [-0.4, -0.2) is 13.1 Å². The van der Waals surface area contributed by atoms with Crippen LogP contribution in [0.4, 0.5) is 5.69 Å². The Morgan fingerprint density at radius 1 is 1.39 bits per heavy atom. The van der Waals surface area contributed by atoms with Crippen molar-refractivity contribution in [1.82, 2.24) is 0 Å². The fourth-order valence-electron chi connectivity index (χ4n) is 3.06. The van der Waals surface area contributed by atoms with Gasteiger partial charge in [-0.1, -0.05) is 43.5 Å². The van der Waals surface area contributed by atoms with E-state index >= 15 is 0 Å². The Bertz CT molecular complexity index is 405. The van der Waals surface area contributed by atoms with Crippen molar-refractivity contribution in [3.8, 4) is 0 Å². The van der Waals surface area contributed by atoms with E-state index in [0.717, 1.165) is 22.2 Å². The SMILES string of the molecule is CC1CCCC(N(C)c2c(Cl)cccc2CN)C1. The van der Waals surface area contributed by atoms with Crippen molar-refractivity contribution in [3.05, 3.63) is 28.8 Å². The van der Waals surface area contributed by atoms with E-state index in [1.54, 1.807) is 0 Å². The van der Waals surface area contributed by atoms with Gasteiger partial charge in [0.1, 0.15) is 0 Å². The van der Waals surface area contributed by atoms with Crippen LogP contribution < -0.4 is 10.6 Å². The molecule has 18 heavy (non-hydrogen) atoms. The van der Waals surface area contributed by atoms with Gasteiger partial charge in [0.05, 0.1) is 10.7 Å². The van der Waals surface area contributed by atoms with Crippen molar-refractivity contribution in [2.45, 2.75) is 45.2 Å². The van der Waals surface area contributed by atoms with E-state index in [4.69, 9.17) is 17.3 Å². The average molecular weight is 267 g/mol. The van der Waals surface area contributed by atoms with Crippen molar-refractivity contribution in [2.75, 3.05) is 11.9 Å². The van der Waals surface area contributed by atoms with E-state index in [1.165, 1.54) is 25.7 Å². The molecule has 0 heterocycles. The van der Waals surface area contributed by atoms with Crippen LogP contribution in [-0.2, 0) is 6.54 Å². The van der Waals surface area contributed by atoms with E-state index in [2.05, 4.69) is 24.9 Å². The summed E-state index contributed by atoms with van der Waals surface area (Å²) in [7, 11) is 2.16. The summed E-state index contributed by atoms with van der Waals surface area (Å²) in [6, 6.07) is 6.60. The van der Waals surface area contributed by atoms with Gasteiger partial charge in [0.15, 0.2) is 0 Å². The van der Waals surface area contributed by atoms with Crippen LogP contribution in [0.1, 0.15) is 38.2 Å². The van der Waals surface area contributed by atoms with Gasteiger partial charge in [0, 0.05) is 19.6 Å². The molecule has 100 valence electrons. The van der Waals surface area contributed by atoms with E-state index in [-0.39, 0.29) is 0 Å². The third-order valence-corrected chi connectivity index (χ3v) is 4.40. The van der Waals surface area contributed by atoms with E-state index in [9.17, 15) is 0 Å². The average Bonchev–Trinajstić information content (AvgIpc) is 2.37.